The van der Waals surface area contributed by atoms with Gasteiger partial charge in [-0.15, -0.1) is 0 Å². The van der Waals surface area contributed by atoms with E-state index < -0.39 is 0 Å². The molecule has 0 amide bonds. The predicted octanol–water partition coefficient (Wildman–Crippen LogP) is 3.22. The van der Waals surface area contributed by atoms with Gasteiger partial charge in [-0.2, -0.15) is 0 Å². The smallest absolute Gasteiger partial charge is 0.0581 e. The fourth-order valence-electron chi connectivity index (χ4n) is 2.58. The lowest BCUT2D eigenvalue weighted by atomic mass is 9.80. The molecular formula is C14H29NO. The van der Waals surface area contributed by atoms with Crippen molar-refractivity contribution in [1.82, 2.24) is 5.32 Å². The van der Waals surface area contributed by atoms with Gasteiger partial charge < -0.3 is 10.1 Å². The van der Waals surface area contributed by atoms with Gasteiger partial charge in [0.25, 0.3) is 0 Å². The zero-order valence-corrected chi connectivity index (χ0v) is 11.5. The first-order valence-electron chi connectivity index (χ1n) is 6.93. The summed E-state index contributed by atoms with van der Waals surface area (Å²) in [5, 5.41) is 3.18. The molecule has 16 heavy (non-hydrogen) atoms. The Morgan fingerprint density at radius 2 is 2.00 bits per heavy atom. The van der Waals surface area contributed by atoms with Crippen molar-refractivity contribution in [3.8, 4) is 0 Å². The van der Waals surface area contributed by atoms with Gasteiger partial charge in [-0.25, -0.2) is 0 Å². The van der Waals surface area contributed by atoms with Gasteiger partial charge in [0.1, 0.15) is 0 Å². The van der Waals surface area contributed by atoms with E-state index in [-0.39, 0.29) is 0 Å². The van der Waals surface area contributed by atoms with E-state index in [4.69, 9.17) is 4.74 Å². The van der Waals surface area contributed by atoms with Crippen LogP contribution >= 0.6 is 0 Å². The summed E-state index contributed by atoms with van der Waals surface area (Å²) in [5.41, 5.74) is 0. The molecule has 0 aromatic heterocycles. The highest BCUT2D eigenvalue weighted by molar-refractivity contribution is 4.76. The van der Waals surface area contributed by atoms with Crippen LogP contribution in [0, 0.1) is 11.8 Å². The van der Waals surface area contributed by atoms with Gasteiger partial charge in [0, 0.05) is 0 Å². The summed E-state index contributed by atoms with van der Waals surface area (Å²) in [6.07, 6.45) is 7.22. The van der Waals surface area contributed by atoms with E-state index in [0.717, 1.165) is 18.4 Å². The highest BCUT2D eigenvalue weighted by atomic mass is 16.5. The molecule has 0 aromatic rings. The van der Waals surface area contributed by atoms with Gasteiger partial charge in [0.15, 0.2) is 0 Å². The monoisotopic (exact) mass is 227 g/mol. The molecule has 4 atom stereocenters. The van der Waals surface area contributed by atoms with Crippen LogP contribution in [0.5, 0.6) is 0 Å². The van der Waals surface area contributed by atoms with Crippen molar-refractivity contribution in [1.29, 1.82) is 0 Å². The van der Waals surface area contributed by atoms with Crippen molar-refractivity contribution in [2.24, 2.45) is 11.8 Å². The van der Waals surface area contributed by atoms with Gasteiger partial charge in [-0.3, -0.25) is 0 Å². The van der Waals surface area contributed by atoms with Crippen LogP contribution in [-0.2, 0) is 4.74 Å². The van der Waals surface area contributed by atoms with Crippen molar-refractivity contribution in [2.75, 3.05) is 13.6 Å². The molecule has 1 aliphatic rings. The molecule has 0 saturated heterocycles. The average molecular weight is 227 g/mol. The van der Waals surface area contributed by atoms with Crippen molar-refractivity contribution in [2.45, 2.75) is 65.1 Å². The zero-order chi connectivity index (χ0) is 12.0. The van der Waals surface area contributed by atoms with Crippen LogP contribution in [0.15, 0.2) is 0 Å². The molecule has 0 heterocycles. The summed E-state index contributed by atoms with van der Waals surface area (Å²) in [4.78, 5) is 0. The molecule has 0 aliphatic heterocycles. The first kappa shape index (κ1) is 14.0. The molecule has 1 fully saturated rings. The largest absolute Gasteiger partial charge is 0.375 e. The Bertz CT molecular complexity index is 184. The normalized spacial score (nSPS) is 32.6. The lowest BCUT2D eigenvalue weighted by molar-refractivity contribution is -0.0427. The van der Waals surface area contributed by atoms with E-state index in [1.807, 2.05) is 7.05 Å². The first-order chi connectivity index (χ1) is 7.63. The van der Waals surface area contributed by atoms with Crippen LogP contribution in [0.4, 0.5) is 0 Å². The first-order valence-corrected chi connectivity index (χ1v) is 6.93. The van der Waals surface area contributed by atoms with Crippen LogP contribution < -0.4 is 5.32 Å². The Kier molecular flexibility index (Phi) is 6.37. The van der Waals surface area contributed by atoms with E-state index in [1.54, 1.807) is 0 Å². The van der Waals surface area contributed by atoms with Crippen LogP contribution in [0.1, 0.15) is 52.9 Å². The number of nitrogens with one attached hydrogen (secondary N) is 1. The van der Waals surface area contributed by atoms with Crippen LogP contribution in [-0.4, -0.2) is 25.8 Å². The minimum atomic E-state index is 0.430. The molecule has 0 bridgehead atoms. The second kappa shape index (κ2) is 7.29. The van der Waals surface area contributed by atoms with E-state index >= 15 is 0 Å². The van der Waals surface area contributed by atoms with Gasteiger partial charge >= 0.3 is 0 Å². The molecule has 0 spiro atoms. The summed E-state index contributed by atoms with van der Waals surface area (Å²) in [6, 6.07) is 0. The number of ether oxygens (including phenoxy) is 1. The van der Waals surface area contributed by atoms with E-state index in [0.29, 0.717) is 12.2 Å². The van der Waals surface area contributed by atoms with Crippen molar-refractivity contribution < 1.29 is 4.74 Å². The number of hydrogen-bond acceptors (Lipinski definition) is 2. The molecule has 1 rings (SSSR count). The zero-order valence-electron chi connectivity index (χ0n) is 11.5. The van der Waals surface area contributed by atoms with Gasteiger partial charge in [-0.05, 0) is 64.5 Å². The fraction of sp³-hybridized carbons (Fsp3) is 1.00. The lowest BCUT2D eigenvalue weighted by Gasteiger charge is -2.33. The Morgan fingerprint density at radius 3 is 2.62 bits per heavy atom. The Hall–Kier alpha value is -0.0800. The minimum Gasteiger partial charge on any atom is -0.375 e. The van der Waals surface area contributed by atoms with Crippen molar-refractivity contribution in [3.63, 3.8) is 0 Å². The van der Waals surface area contributed by atoms with Gasteiger partial charge in [-0.1, -0.05) is 13.8 Å². The fourth-order valence-corrected chi connectivity index (χ4v) is 2.58. The second-order valence-electron chi connectivity index (χ2n) is 5.58. The van der Waals surface area contributed by atoms with Gasteiger partial charge in [0.2, 0.25) is 0 Å². The molecule has 1 aliphatic carbocycles. The van der Waals surface area contributed by atoms with Crippen LogP contribution in [0.25, 0.3) is 0 Å². The molecule has 1 N–H and O–H groups in total. The molecule has 4 unspecified atom stereocenters. The van der Waals surface area contributed by atoms with E-state index in [9.17, 15) is 0 Å². The Morgan fingerprint density at radius 1 is 1.25 bits per heavy atom. The summed E-state index contributed by atoms with van der Waals surface area (Å²) >= 11 is 0. The molecule has 2 heteroatoms. The van der Waals surface area contributed by atoms with Crippen molar-refractivity contribution in [3.05, 3.63) is 0 Å². The number of rotatable bonds is 6. The summed E-state index contributed by atoms with van der Waals surface area (Å²) in [6.45, 7) is 8.06. The molecule has 0 aromatic carbocycles. The third-order valence-corrected chi connectivity index (χ3v) is 4.01. The maximum Gasteiger partial charge on any atom is 0.0581 e. The Balaban J connectivity index is 2.16. The lowest BCUT2D eigenvalue weighted by Crippen LogP contribution is -2.29. The highest BCUT2D eigenvalue weighted by Gasteiger charge is 2.25. The predicted molar refractivity (Wildman–Crippen MR) is 69.7 cm³/mol. The number of hydrogen-bond donors (Lipinski definition) is 1. The molecular weight excluding hydrogens is 198 g/mol. The molecule has 2 nitrogen and oxygen atoms in total. The maximum atomic E-state index is 6.13. The third kappa shape index (κ3) is 4.84. The second-order valence-corrected chi connectivity index (χ2v) is 5.58. The molecule has 96 valence electrons. The quantitative estimate of drug-likeness (QED) is 0.704. The van der Waals surface area contributed by atoms with E-state index in [1.165, 1.54) is 32.1 Å². The molecule has 0 radical (unpaired) electrons. The summed E-state index contributed by atoms with van der Waals surface area (Å²) < 4.78 is 6.13. The van der Waals surface area contributed by atoms with Crippen molar-refractivity contribution >= 4 is 0 Å². The maximum absolute atomic E-state index is 6.13. The third-order valence-electron chi connectivity index (χ3n) is 4.01. The summed E-state index contributed by atoms with van der Waals surface area (Å²) in [7, 11) is 2.01. The Labute approximate surface area is 101 Å². The van der Waals surface area contributed by atoms with Gasteiger partial charge in [0.05, 0.1) is 12.2 Å². The van der Waals surface area contributed by atoms with Crippen LogP contribution in [0.2, 0.25) is 0 Å². The topological polar surface area (TPSA) is 21.3 Å². The minimum absolute atomic E-state index is 0.430. The highest BCUT2D eigenvalue weighted by Crippen LogP contribution is 2.31. The average Bonchev–Trinajstić information content (AvgIpc) is 2.24. The standard InChI is InChI=1S/C14H29NO/c1-11-7-8-14(10-12(11)2)16-13(3)6-5-9-15-4/h11-15H,5-10H2,1-4H3. The van der Waals surface area contributed by atoms with E-state index in [2.05, 4.69) is 26.1 Å². The van der Waals surface area contributed by atoms with Crippen LogP contribution in [0.3, 0.4) is 0 Å². The SMILES string of the molecule is CNCCCC(C)OC1CCC(C)C(C)C1. The molecule has 1 saturated carbocycles. The summed E-state index contributed by atoms with van der Waals surface area (Å²) in [5.74, 6) is 1.72.